The van der Waals surface area contributed by atoms with Gasteiger partial charge in [0.1, 0.15) is 11.6 Å². The van der Waals surface area contributed by atoms with Crippen molar-refractivity contribution in [2.75, 3.05) is 12.0 Å². The standard InChI is InChI=1S/C17H21N3O2/c1-11-7-8-12(2)15(14(11)4)22-10-19-17(21)20-16-13(3)6-5-9-18-16/h5-9H,10H2,1-4H3,(H2,18,19,20,21). The van der Waals surface area contributed by atoms with Crippen molar-refractivity contribution in [1.29, 1.82) is 0 Å². The minimum absolute atomic E-state index is 0.100. The van der Waals surface area contributed by atoms with E-state index in [1.807, 2.05) is 45.9 Å². The maximum Gasteiger partial charge on any atom is 0.323 e. The maximum absolute atomic E-state index is 11.8. The summed E-state index contributed by atoms with van der Waals surface area (Å²) in [5, 5.41) is 5.36. The summed E-state index contributed by atoms with van der Waals surface area (Å²) >= 11 is 0. The second kappa shape index (κ2) is 6.93. The van der Waals surface area contributed by atoms with Crippen LogP contribution in [0.25, 0.3) is 0 Å². The number of hydrogen-bond acceptors (Lipinski definition) is 3. The Kier molecular flexibility index (Phi) is 4.99. The van der Waals surface area contributed by atoms with Crippen LogP contribution < -0.4 is 15.4 Å². The fourth-order valence-corrected chi connectivity index (χ4v) is 2.09. The molecule has 0 aliphatic rings. The van der Waals surface area contributed by atoms with Gasteiger partial charge in [-0.25, -0.2) is 9.78 Å². The Hall–Kier alpha value is -2.56. The molecule has 0 fully saturated rings. The third kappa shape index (κ3) is 3.75. The average molecular weight is 299 g/mol. The minimum Gasteiger partial charge on any atom is -0.473 e. The number of rotatable bonds is 4. The molecule has 116 valence electrons. The van der Waals surface area contributed by atoms with Crippen molar-refractivity contribution in [3.63, 3.8) is 0 Å². The molecule has 0 aliphatic carbocycles. The predicted molar refractivity (Wildman–Crippen MR) is 87.3 cm³/mol. The van der Waals surface area contributed by atoms with Gasteiger partial charge in [0.15, 0.2) is 6.73 Å². The van der Waals surface area contributed by atoms with Crippen LogP contribution in [0, 0.1) is 27.7 Å². The first-order chi connectivity index (χ1) is 10.5. The predicted octanol–water partition coefficient (Wildman–Crippen LogP) is 3.47. The van der Waals surface area contributed by atoms with Gasteiger partial charge < -0.3 is 10.1 Å². The monoisotopic (exact) mass is 299 g/mol. The van der Waals surface area contributed by atoms with Crippen molar-refractivity contribution in [3.05, 3.63) is 52.7 Å². The molecule has 1 heterocycles. The zero-order valence-corrected chi connectivity index (χ0v) is 13.4. The first-order valence-corrected chi connectivity index (χ1v) is 7.15. The van der Waals surface area contributed by atoms with E-state index in [2.05, 4.69) is 21.7 Å². The summed E-state index contributed by atoms with van der Waals surface area (Å²) in [4.78, 5) is 16.0. The van der Waals surface area contributed by atoms with Gasteiger partial charge in [0, 0.05) is 6.20 Å². The Morgan fingerprint density at radius 2 is 1.82 bits per heavy atom. The summed E-state index contributed by atoms with van der Waals surface area (Å²) in [6, 6.07) is 7.43. The van der Waals surface area contributed by atoms with Gasteiger partial charge in [0.25, 0.3) is 0 Å². The summed E-state index contributed by atoms with van der Waals surface area (Å²) in [6.07, 6.45) is 1.64. The molecular weight excluding hydrogens is 278 g/mol. The van der Waals surface area contributed by atoms with Crippen LogP contribution in [0.2, 0.25) is 0 Å². The average Bonchev–Trinajstić information content (AvgIpc) is 2.49. The van der Waals surface area contributed by atoms with Gasteiger partial charge in [-0.05, 0) is 56.0 Å². The van der Waals surface area contributed by atoms with E-state index in [0.29, 0.717) is 5.82 Å². The van der Waals surface area contributed by atoms with Gasteiger partial charge in [-0.15, -0.1) is 0 Å². The van der Waals surface area contributed by atoms with Crippen LogP contribution in [0.4, 0.5) is 10.6 Å². The summed E-state index contributed by atoms with van der Waals surface area (Å²) in [6.45, 7) is 8.02. The van der Waals surface area contributed by atoms with Gasteiger partial charge in [-0.2, -0.15) is 0 Å². The third-order valence-corrected chi connectivity index (χ3v) is 3.56. The highest BCUT2D eigenvalue weighted by atomic mass is 16.5. The molecule has 0 saturated carbocycles. The fraction of sp³-hybridized carbons (Fsp3) is 0.294. The first kappa shape index (κ1) is 15.8. The molecule has 0 aliphatic heterocycles. The highest BCUT2D eigenvalue weighted by molar-refractivity contribution is 5.88. The van der Waals surface area contributed by atoms with E-state index in [4.69, 9.17) is 4.74 Å². The lowest BCUT2D eigenvalue weighted by atomic mass is 10.1. The van der Waals surface area contributed by atoms with E-state index in [1.54, 1.807) is 6.20 Å². The molecule has 0 saturated heterocycles. The van der Waals surface area contributed by atoms with E-state index in [9.17, 15) is 4.79 Å². The molecule has 0 spiro atoms. The van der Waals surface area contributed by atoms with Crippen LogP contribution in [-0.4, -0.2) is 17.7 Å². The number of urea groups is 1. The third-order valence-electron chi connectivity index (χ3n) is 3.56. The molecule has 22 heavy (non-hydrogen) atoms. The normalized spacial score (nSPS) is 10.2. The van der Waals surface area contributed by atoms with Gasteiger partial charge in [0.2, 0.25) is 0 Å². The maximum atomic E-state index is 11.8. The zero-order valence-electron chi connectivity index (χ0n) is 13.4. The van der Waals surface area contributed by atoms with Crippen LogP contribution in [0.3, 0.4) is 0 Å². The SMILES string of the molecule is Cc1cccnc1NC(=O)NCOc1c(C)ccc(C)c1C. The van der Waals surface area contributed by atoms with Gasteiger partial charge in [-0.3, -0.25) is 5.32 Å². The molecule has 2 aromatic rings. The number of nitrogens with one attached hydrogen (secondary N) is 2. The van der Waals surface area contributed by atoms with E-state index >= 15 is 0 Å². The molecular formula is C17H21N3O2. The van der Waals surface area contributed by atoms with E-state index in [-0.39, 0.29) is 12.8 Å². The zero-order chi connectivity index (χ0) is 16.1. The summed E-state index contributed by atoms with van der Waals surface area (Å²) in [7, 11) is 0. The number of hydrogen-bond donors (Lipinski definition) is 2. The smallest absolute Gasteiger partial charge is 0.323 e. The second-order valence-corrected chi connectivity index (χ2v) is 5.24. The summed E-state index contributed by atoms with van der Waals surface area (Å²) in [5.74, 6) is 1.36. The fourth-order valence-electron chi connectivity index (χ4n) is 2.09. The Morgan fingerprint density at radius 3 is 2.55 bits per heavy atom. The molecule has 5 heteroatoms. The first-order valence-electron chi connectivity index (χ1n) is 7.15. The number of benzene rings is 1. The molecule has 0 unspecified atom stereocenters. The lowest BCUT2D eigenvalue weighted by Crippen LogP contribution is -2.32. The molecule has 0 radical (unpaired) electrons. The van der Waals surface area contributed by atoms with Crippen LogP contribution in [0.5, 0.6) is 5.75 Å². The van der Waals surface area contributed by atoms with Gasteiger partial charge in [-0.1, -0.05) is 18.2 Å². The van der Waals surface area contributed by atoms with Crippen molar-refractivity contribution in [1.82, 2.24) is 10.3 Å². The molecule has 1 aromatic carbocycles. The minimum atomic E-state index is -0.343. The van der Waals surface area contributed by atoms with Crippen LogP contribution in [0.15, 0.2) is 30.5 Å². The molecule has 2 rings (SSSR count). The summed E-state index contributed by atoms with van der Waals surface area (Å²) in [5.41, 5.74) is 4.20. The molecule has 0 bridgehead atoms. The van der Waals surface area contributed by atoms with Gasteiger partial charge >= 0.3 is 6.03 Å². The van der Waals surface area contributed by atoms with Crippen LogP contribution >= 0.6 is 0 Å². The van der Waals surface area contributed by atoms with E-state index in [0.717, 1.165) is 28.0 Å². The Balaban J connectivity index is 1.90. The number of carbonyl (C=O) groups excluding carboxylic acids is 1. The van der Waals surface area contributed by atoms with Crippen molar-refractivity contribution < 1.29 is 9.53 Å². The van der Waals surface area contributed by atoms with Crippen LogP contribution in [-0.2, 0) is 0 Å². The highest BCUT2D eigenvalue weighted by Crippen LogP contribution is 2.25. The van der Waals surface area contributed by atoms with Crippen molar-refractivity contribution in [3.8, 4) is 5.75 Å². The Morgan fingerprint density at radius 1 is 1.09 bits per heavy atom. The quantitative estimate of drug-likeness (QED) is 0.850. The number of carbonyl (C=O) groups is 1. The number of ether oxygens (including phenoxy) is 1. The number of nitrogens with zero attached hydrogens (tertiary/aromatic N) is 1. The molecule has 2 amide bonds. The molecule has 2 N–H and O–H groups in total. The number of pyridine rings is 1. The second-order valence-electron chi connectivity index (χ2n) is 5.24. The van der Waals surface area contributed by atoms with Crippen molar-refractivity contribution >= 4 is 11.8 Å². The van der Waals surface area contributed by atoms with Crippen LogP contribution in [0.1, 0.15) is 22.3 Å². The van der Waals surface area contributed by atoms with Crippen molar-refractivity contribution in [2.24, 2.45) is 0 Å². The van der Waals surface area contributed by atoms with Crippen molar-refractivity contribution in [2.45, 2.75) is 27.7 Å². The Bertz CT molecular complexity index is 684. The lowest BCUT2D eigenvalue weighted by Gasteiger charge is -2.15. The molecule has 1 aromatic heterocycles. The number of aromatic nitrogens is 1. The molecule has 5 nitrogen and oxygen atoms in total. The number of aryl methyl sites for hydroxylation is 3. The van der Waals surface area contributed by atoms with E-state index in [1.165, 1.54) is 0 Å². The topological polar surface area (TPSA) is 63.2 Å². The molecule has 0 atom stereocenters. The lowest BCUT2D eigenvalue weighted by molar-refractivity contribution is 0.234. The number of amides is 2. The van der Waals surface area contributed by atoms with E-state index < -0.39 is 0 Å². The highest BCUT2D eigenvalue weighted by Gasteiger charge is 2.08. The summed E-state index contributed by atoms with van der Waals surface area (Å²) < 4.78 is 5.69. The Labute approximate surface area is 130 Å². The largest absolute Gasteiger partial charge is 0.473 e. The van der Waals surface area contributed by atoms with Gasteiger partial charge in [0.05, 0.1) is 0 Å². The number of anilines is 1.